The van der Waals surface area contributed by atoms with Crippen molar-refractivity contribution in [2.75, 3.05) is 13.2 Å². The molecule has 4 heterocycles. The first kappa shape index (κ1) is 21.9. The van der Waals surface area contributed by atoms with Gasteiger partial charge in [0.1, 0.15) is 11.4 Å². The van der Waals surface area contributed by atoms with Crippen molar-refractivity contribution in [3.05, 3.63) is 66.1 Å². The lowest BCUT2D eigenvalue weighted by molar-refractivity contribution is 0.0601. The van der Waals surface area contributed by atoms with Crippen LogP contribution in [0.3, 0.4) is 0 Å². The first-order valence-electron chi connectivity index (χ1n) is 11.4. The maximum atomic E-state index is 13.7. The van der Waals surface area contributed by atoms with Gasteiger partial charge in [0.05, 0.1) is 18.3 Å². The summed E-state index contributed by atoms with van der Waals surface area (Å²) in [6.07, 6.45) is 11.7. The molecule has 0 saturated carbocycles. The largest absolute Gasteiger partial charge is 0.477 e. The molecule has 4 rings (SSSR count). The Morgan fingerprint density at radius 1 is 1.12 bits per heavy atom. The number of aromatic nitrogens is 4. The molecule has 1 aliphatic heterocycles. The van der Waals surface area contributed by atoms with Gasteiger partial charge in [0.2, 0.25) is 5.88 Å². The molecule has 7 nitrogen and oxygen atoms in total. The van der Waals surface area contributed by atoms with Crippen LogP contribution in [0.15, 0.2) is 49.1 Å². The molecule has 7 heteroatoms. The zero-order valence-corrected chi connectivity index (χ0v) is 18.7. The van der Waals surface area contributed by atoms with Crippen LogP contribution in [0.1, 0.15) is 67.4 Å². The van der Waals surface area contributed by atoms with Crippen LogP contribution in [0.4, 0.5) is 0 Å². The Labute approximate surface area is 188 Å². The molecular weight excluding hydrogens is 402 g/mol. The standard InChI is InChI=1S/C25H29N5O2/c1-3-8-22-28-17-20(18-11-14-26-15-12-18)23(29-22)21-10-5-6-16-30(21)25(31)19-9-7-13-27-24(19)32-4-2/h7,9,11-15,17,21H,3-6,8,10,16H2,1-2H3. The van der Waals surface area contributed by atoms with E-state index in [4.69, 9.17) is 9.72 Å². The Kier molecular flexibility index (Phi) is 7.04. The summed E-state index contributed by atoms with van der Waals surface area (Å²) in [5.74, 6) is 1.13. The quantitative estimate of drug-likeness (QED) is 0.542. The van der Waals surface area contributed by atoms with Crippen molar-refractivity contribution >= 4 is 5.91 Å². The highest BCUT2D eigenvalue weighted by atomic mass is 16.5. The van der Waals surface area contributed by atoms with Gasteiger partial charge < -0.3 is 9.64 Å². The second kappa shape index (κ2) is 10.3. The lowest BCUT2D eigenvalue weighted by Crippen LogP contribution is -2.39. The minimum atomic E-state index is -0.132. The molecule has 1 saturated heterocycles. The van der Waals surface area contributed by atoms with Crippen LogP contribution in [-0.4, -0.2) is 43.9 Å². The number of carbonyl (C=O) groups is 1. The molecule has 1 atom stereocenters. The number of amides is 1. The smallest absolute Gasteiger partial charge is 0.259 e. The van der Waals surface area contributed by atoms with Crippen LogP contribution in [0.25, 0.3) is 11.1 Å². The lowest BCUT2D eigenvalue weighted by atomic mass is 9.93. The van der Waals surface area contributed by atoms with E-state index in [1.165, 1.54) is 0 Å². The van der Waals surface area contributed by atoms with E-state index >= 15 is 0 Å². The zero-order chi connectivity index (χ0) is 22.3. The molecule has 0 N–H and O–H groups in total. The van der Waals surface area contributed by atoms with Crippen LogP contribution in [0.2, 0.25) is 0 Å². The van der Waals surface area contributed by atoms with E-state index in [1.54, 1.807) is 30.7 Å². The number of hydrogen-bond donors (Lipinski definition) is 0. The van der Waals surface area contributed by atoms with Gasteiger partial charge in [0.15, 0.2) is 0 Å². The number of ether oxygens (including phenoxy) is 1. The molecule has 3 aromatic heterocycles. The Morgan fingerprint density at radius 2 is 1.97 bits per heavy atom. The van der Waals surface area contributed by atoms with Crippen LogP contribution in [0.5, 0.6) is 5.88 Å². The monoisotopic (exact) mass is 431 g/mol. The summed E-state index contributed by atoms with van der Waals surface area (Å²) in [5, 5.41) is 0. The summed E-state index contributed by atoms with van der Waals surface area (Å²) in [6.45, 7) is 5.14. The molecule has 0 bridgehead atoms. The summed E-state index contributed by atoms with van der Waals surface area (Å²) in [7, 11) is 0. The molecule has 1 unspecified atom stereocenters. The van der Waals surface area contributed by atoms with E-state index in [0.29, 0.717) is 24.6 Å². The maximum absolute atomic E-state index is 13.7. The minimum Gasteiger partial charge on any atom is -0.477 e. The number of aryl methyl sites for hydroxylation is 1. The molecule has 0 aromatic carbocycles. The van der Waals surface area contributed by atoms with E-state index in [1.807, 2.05) is 30.2 Å². The molecule has 1 aliphatic rings. The van der Waals surface area contributed by atoms with Crippen LogP contribution >= 0.6 is 0 Å². The fraction of sp³-hybridized carbons (Fsp3) is 0.400. The lowest BCUT2D eigenvalue weighted by Gasteiger charge is -2.36. The van der Waals surface area contributed by atoms with Gasteiger partial charge in [0.25, 0.3) is 5.91 Å². The van der Waals surface area contributed by atoms with Crippen molar-refractivity contribution in [3.63, 3.8) is 0 Å². The number of pyridine rings is 2. The molecular formula is C25H29N5O2. The van der Waals surface area contributed by atoms with E-state index in [2.05, 4.69) is 21.9 Å². The van der Waals surface area contributed by atoms with Crippen molar-refractivity contribution in [3.8, 4) is 17.0 Å². The SMILES string of the molecule is CCCc1ncc(-c2ccncc2)c(C2CCCCN2C(=O)c2cccnc2OCC)n1. The third-order valence-corrected chi connectivity index (χ3v) is 5.69. The van der Waals surface area contributed by atoms with E-state index in [-0.39, 0.29) is 11.9 Å². The zero-order valence-electron chi connectivity index (χ0n) is 18.7. The molecule has 0 spiro atoms. The van der Waals surface area contributed by atoms with Gasteiger partial charge in [-0.1, -0.05) is 6.92 Å². The van der Waals surface area contributed by atoms with Gasteiger partial charge >= 0.3 is 0 Å². The van der Waals surface area contributed by atoms with E-state index in [9.17, 15) is 4.79 Å². The maximum Gasteiger partial charge on any atom is 0.259 e. The summed E-state index contributed by atoms with van der Waals surface area (Å²) >= 11 is 0. The van der Waals surface area contributed by atoms with Gasteiger partial charge in [-0.25, -0.2) is 15.0 Å². The fourth-order valence-electron chi connectivity index (χ4n) is 4.20. The normalized spacial score (nSPS) is 16.1. The average molecular weight is 432 g/mol. The predicted molar refractivity (Wildman–Crippen MR) is 122 cm³/mol. The summed E-state index contributed by atoms with van der Waals surface area (Å²) in [5.41, 5.74) is 3.36. The number of likely N-dealkylation sites (tertiary alicyclic amines) is 1. The van der Waals surface area contributed by atoms with E-state index < -0.39 is 0 Å². The Morgan fingerprint density at radius 3 is 2.75 bits per heavy atom. The number of rotatable bonds is 7. The van der Waals surface area contributed by atoms with Gasteiger partial charge in [-0.2, -0.15) is 0 Å². The van der Waals surface area contributed by atoms with Crippen molar-refractivity contribution in [2.45, 2.75) is 52.0 Å². The summed E-state index contributed by atoms with van der Waals surface area (Å²) in [6, 6.07) is 7.36. The third-order valence-electron chi connectivity index (χ3n) is 5.69. The second-order valence-electron chi connectivity index (χ2n) is 7.87. The molecule has 1 fully saturated rings. The van der Waals surface area contributed by atoms with Gasteiger partial charge in [-0.3, -0.25) is 9.78 Å². The number of carbonyl (C=O) groups excluding carboxylic acids is 1. The Hall–Kier alpha value is -3.35. The van der Waals surface area contributed by atoms with Crippen molar-refractivity contribution in [1.29, 1.82) is 0 Å². The van der Waals surface area contributed by atoms with Gasteiger partial charge in [-0.15, -0.1) is 0 Å². The topological polar surface area (TPSA) is 81.1 Å². The molecule has 32 heavy (non-hydrogen) atoms. The highest BCUT2D eigenvalue weighted by Crippen LogP contribution is 2.37. The van der Waals surface area contributed by atoms with Crippen LogP contribution in [0, 0.1) is 0 Å². The molecule has 166 valence electrons. The number of nitrogens with zero attached hydrogens (tertiary/aromatic N) is 5. The average Bonchev–Trinajstić information content (AvgIpc) is 2.85. The summed E-state index contributed by atoms with van der Waals surface area (Å²) in [4.78, 5) is 33.6. The van der Waals surface area contributed by atoms with Crippen molar-refractivity contribution in [1.82, 2.24) is 24.8 Å². The highest BCUT2D eigenvalue weighted by Gasteiger charge is 2.33. The molecule has 0 aliphatic carbocycles. The first-order chi connectivity index (χ1) is 15.7. The highest BCUT2D eigenvalue weighted by molar-refractivity contribution is 5.96. The third kappa shape index (κ3) is 4.61. The fourth-order valence-corrected chi connectivity index (χ4v) is 4.20. The predicted octanol–water partition coefficient (Wildman–Crippen LogP) is 4.65. The van der Waals surface area contributed by atoms with Gasteiger partial charge in [0, 0.05) is 43.3 Å². The molecule has 3 aromatic rings. The van der Waals surface area contributed by atoms with Crippen molar-refractivity contribution < 1.29 is 9.53 Å². The molecule has 0 radical (unpaired) electrons. The minimum absolute atomic E-state index is 0.0671. The van der Waals surface area contributed by atoms with E-state index in [0.717, 1.165) is 54.7 Å². The van der Waals surface area contributed by atoms with Crippen LogP contribution in [-0.2, 0) is 6.42 Å². The van der Waals surface area contributed by atoms with Crippen molar-refractivity contribution in [2.24, 2.45) is 0 Å². The number of hydrogen-bond acceptors (Lipinski definition) is 6. The second-order valence-corrected chi connectivity index (χ2v) is 7.87. The molecule has 1 amide bonds. The Bertz CT molecular complexity index is 1060. The van der Waals surface area contributed by atoms with Crippen LogP contribution < -0.4 is 4.74 Å². The van der Waals surface area contributed by atoms with Gasteiger partial charge in [-0.05, 0) is 62.4 Å². The summed E-state index contributed by atoms with van der Waals surface area (Å²) < 4.78 is 5.64. The number of piperidine rings is 1. The first-order valence-corrected chi connectivity index (χ1v) is 11.4. The Balaban J connectivity index is 1.77.